The summed E-state index contributed by atoms with van der Waals surface area (Å²) in [5.41, 5.74) is 6.73. The van der Waals surface area contributed by atoms with Gasteiger partial charge in [-0.2, -0.15) is 0 Å². The molecule has 23 heavy (non-hydrogen) atoms. The fourth-order valence-corrected chi connectivity index (χ4v) is 3.93. The summed E-state index contributed by atoms with van der Waals surface area (Å²) in [5.74, 6) is 0.106. The summed E-state index contributed by atoms with van der Waals surface area (Å²) in [6.45, 7) is 0. The average molecular weight is 297 g/mol. The molecule has 3 aromatic rings. The first-order valence-electron chi connectivity index (χ1n) is 7.93. The third-order valence-corrected chi connectivity index (χ3v) is 4.94. The van der Waals surface area contributed by atoms with E-state index in [4.69, 9.17) is 0 Å². The molecule has 2 aliphatic heterocycles. The van der Waals surface area contributed by atoms with E-state index in [1.54, 1.807) is 0 Å². The molecule has 110 valence electrons. The molecule has 1 atom stereocenters. The van der Waals surface area contributed by atoms with Gasteiger partial charge in [0.25, 0.3) is 5.91 Å². The molecule has 0 saturated heterocycles. The number of amides is 1. The summed E-state index contributed by atoms with van der Waals surface area (Å²) in [6.07, 6.45) is 0.870. The van der Waals surface area contributed by atoms with Gasteiger partial charge in [0.2, 0.25) is 0 Å². The van der Waals surface area contributed by atoms with Crippen molar-refractivity contribution in [1.29, 1.82) is 0 Å². The van der Waals surface area contributed by atoms with Gasteiger partial charge in [0.05, 0.1) is 6.04 Å². The number of nitrogens with zero attached hydrogens (tertiary/aromatic N) is 1. The average Bonchev–Trinajstić information content (AvgIpc) is 2.80. The number of benzene rings is 3. The summed E-state index contributed by atoms with van der Waals surface area (Å²) in [4.78, 5) is 15.1. The Morgan fingerprint density at radius 3 is 2.26 bits per heavy atom. The predicted octanol–water partition coefficient (Wildman–Crippen LogP) is 4.34. The maximum atomic E-state index is 13.1. The quantitative estimate of drug-likeness (QED) is 0.604. The van der Waals surface area contributed by atoms with Crippen molar-refractivity contribution in [2.24, 2.45) is 0 Å². The van der Waals surface area contributed by atoms with E-state index >= 15 is 0 Å². The van der Waals surface area contributed by atoms with Gasteiger partial charge >= 0.3 is 0 Å². The number of rotatable bonds is 0. The minimum atomic E-state index is -0.0152. The minimum absolute atomic E-state index is 0.0152. The third-order valence-electron chi connectivity index (χ3n) is 4.94. The number of carbonyl (C=O) groups excluding carboxylic acids is 1. The monoisotopic (exact) mass is 297 g/mol. The molecule has 3 aromatic carbocycles. The molecule has 2 aliphatic rings. The van der Waals surface area contributed by atoms with Crippen molar-refractivity contribution in [1.82, 2.24) is 0 Å². The Balaban J connectivity index is 1.87. The van der Waals surface area contributed by atoms with E-state index in [2.05, 4.69) is 48.5 Å². The molecule has 1 amide bonds. The van der Waals surface area contributed by atoms with Crippen LogP contribution in [0, 0.1) is 0 Å². The van der Waals surface area contributed by atoms with Crippen LogP contribution >= 0.6 is 0 Å². The van der Waals surface area contributed by atoms with Gasteiger partial charge in [0.15, 0.2) is 0 Å². The summed E-state index contributed by atoms with van der Waals surface area (Å²) in [7, 11) is 0. The number of anilines is 1. The molecule has 1 unspecified atom stereocenters. The van der Waals surface area contributed by atoms with Gasteiger partial charge in [0.1, 0.15) is 0 Å². The first-order valence-corrected chi connectivity index (χ1v) is 7.93. The molecular formula is C21H15NO. The smallest absolute Gasteiger partial charge is 0.259 e. The van der Waals surface area contributed by atoms with Gasteiger partial charge in [-0.15, -0.1) is 0 Å². The molecule has 0 aromatic heterocycles. The van der Waals surface area contributed by atoms with Gasteiger partial charge < -0.3 is 0 Å². The second kappa shape index (κ2) is 4.56. The van der Waals surface area contributed by atoms with Crippen molar-refractivity contribution >= 4 is 11.6 Å². The van der Waals surface area contributed by atoms with Crippen LogP contribution in [0.5, 0.6) is 0 Å². The maximum absolute atomic E-state index is 13.1. The Kier molecular flexibility index (Phi) is 2.51. The van der Waals surface area contributed by atoms with Gasteiger partial charge in [-0.25, -0.2) is 0 Å². The minimum Gasteiger partial charge on any atom is -0.296 e. The van der Waals surface area contributed by atoms with Crippen LogP contribution in [0.15, 0.2) is 72.8 Å². The molecular weight excluding hydrogens is 282 g/mol. The van der Waals surface area contributed by atoms with E-state index in [0.29, 0.717) is 0 Å². The number of carbonyl (C=O) groups is 1. The lowest BCUT2D eigenvalue weighted by Crippen LogP contribution is -2.28. The van der Waals surface area contributed by atoms with Crippen molar-refractivity contribution in [3.63, 3.8) is 0 Å². The third kappa shape index (κ3) is 1.66. The van der Waals surface area contributed by atoms with Crippen LogP contribution in [0.1, 0.15) is 38.7 Å². The van der Waals surface area contributed by atoms with Crippen molar-refractivity contribution in [2.45, 2.75) is 12.5 Å². The van der Waals surface area contributed by atoms with Crippen LogP contribution in [-0.2, 0) is 6.42 Å². The van der Waals surface area contributed by atoms with E-state index in [9.17, 15) is 4.79 Å². The summed E-state index contributed by atoms with van der Waals surface area (Å²) in [5, 5.41) is 0. The molecule has 0 radical (unpaired) electrons. The van der Waals surface area contributed by atoms with Crippen molar-refractivity contribution in [2.75, 3.05) is 4.90 Å². The van der Waals surface area contributed by atoms with Crippen molar-refractivity contribution in [3.8, 4) is 0 Å². The van der Waals surface area contributed by atoms with E-state index in [-0.39, 0.29) is 11.9 Å². The second-order valence-electron chi connectivity index (χ2n) is 6.17. The highest BCUT2D eigenvalue weighted by molar-refractivity contribution is 6.12. The van der Waals surface area contributed by atoms with Gasteiger partial charge in [0, 0.05) is 11.3 Å². The summed E-state index contributed by atoms with van der Waals surface area (Å²) >= 11 is 0. The highest BCUT2D eigenvalue weighted by Gasteiger charge is 2.41. The topological polar surface area (TPSA) is 20.3 Å². The lowest BCUT2D eigenvalue weighted by molar-refractivity contribution is 0.0993. The Bertz CT molecular complexity index is 944. The Labute approximate surface area is 135 Å². The molecule has 0 bridgehead atoms. The number of hydrogen-bond acceptors (Lipinski definition) is 1. The lowest BCUT2D eigenvalue weighted by atomic mass is 9.93. The molecule has 0 fully saturated rings. The van der Waals surface area contributed by atoms with Crippen LogP contribution in [0.25, 0.3) is 0 Å². The standard InChI is InChI=1S/C21H15NO/c23-21-18-11-5-4-10-17(18)20-16-9-3-1-7-14(16)13-15-8-2-6-12-19(15)22(20)21/h1-12,20H,13H2. The van der Waals surface area contributed by atoms with Crippen LogP contribution < -0.4 is 4.90 Å². The highest BCUT2D eigenvalue weighted by Crippen LogP contribution is 2.46. The van der Waals surface area contributed by atoms with E-state index in [1.807, 2.05) is 29.2 Å². The largest absolute Gasteiger partial charge is 0.296 e. The molecule has 2 heteroatoms. The van der Waals surface area contributed by atoms with E-state index in [1.165, 1.54) is 16.7 Å². The SMILES string of the molecule is O=C1c2ccccc2C2c3ccccc3Cc3ccccc3N12. The zero-order chi connectivity index (χ0) is 15.4. The molecule has 0 spiro atoms. The van der Waals surface area contributed by atoms with Gasteiger partial charge in [-0.1, -0.05) is 60.7 Å². The van der Waals surface area contributed by atoms with Crippen molar-refractivity contribution in [3.05, 3.63) is 101 Å². The fourth-order valence-electron chi connectivity index (χ4n) is 3.93. The summed E-state index contributed by atoms with van der Waals surface area (Å²) < 4.78 is 0. The van der Waals surface area contributed by atoms with E-state index in [0.717, 1.165) is 23.2 Å². The Morgan fingerprint density at radius 2 is 1.39 bits per heavy atom. The maximum Gasteiger partial charge on any atom is 0.259 e. The fraction of sp³-hybridized carbons (Fsp3) is 0.0952. The molecule has 2 nitrogen and oxygen atoms in total. The van der Waals surface area contributed by atoms with E-state index < -0.39 is 0 Å². The first kappa shape index (κ1) is 12.7. The molecule has 0 N–H and O–H groups in total. The Morgan fingerprint density at radius 1 is 0.739 bits per heavy atom. The van der Waals surface area contributed by atoms with Crippen LogP contribution in [0.2, 0.25) is 0 Å². The highest BCUT2D eigenvalue weighted by atomic mass is 16.2. The van der Waals surface area contributed by atoms with Crippen LogP contribution in [0.4, 0.5) is 5.69 Å². The number of fused-ring (bicyclic) bond motifs is 7. The van der Waals surface area contributed by atoms with Gasteiger partial charge in [-0.05, 0) is 40.8 Å². The number of hydrogen-bond donors (Lipinski definition) is 0. The molecule has 5 rings (SSSR count). The molecule has 0 saturated carbocycles. The lowest BCUT2D eigenvalue weighted by Gasteiger charge is -2.25. The Hall–Kier alpha value is -2.87. The second-order valence-corrected chi connectivity index (χ2v) is 6.17. The van der Waals surface area contributed by atoms with Crippen LogP contribution in [-0.4, -0.2) is 5.91 Å². The number of para-hydroxylation sites is 1. The zero-order valence-corrected chi connectivity index (χ0v) is 12.6. The van der Waals surface area contributed by atoms with Gasteiger partial charge in [-0.3, -0.25) is 9.69 Å². The zero-order valence-electron chi connectivity index (χ0n) is 12.6. The molecule has 0 aliphatic carbocycles. The van der Waals surface area contributed by atoms with Crippen LogP contribution in [0.3, 0.4) is 0 Å². The molecule has 2 heterocycles. The first-order chi connectivity index (χ1) is 11.3. The summed E-state index contributed by atoms with van der Waals surface area (Å²) in [6, 6.07) is 24.7. The predicted molar refractivity (Wildman–Crippen MR) is 90.8 cm³/mol. The normalized spacial score (nSPS) is 17.8. The van der Waals surface area contributed by atoms with Crippen molar-refractivity contribution < 1.29 is 4.79 Å².